The van der Waals surface area contributed by atoms with Gasteiger partial charge in [0.2, 0.25) is 5.91 Å². The van der Waals surface area contributed by atoms with Crippen LogP contribution in [-0.4, -0.2) is 36.4 Å². The molecule has 0 aliphatic carbocycles. The first kappa shape index (κ1) is 21.1. The van der Waals surface area contributed by atoms with Crippen molar-refractivity contribution < 1.29 is 19.1 Å². The highest BCUT2D eigenvalue weighted by atomic mass is 32.2. The van der Waals surface area contributed by atoms with Crippen molar-refractivity contribution >= 4 is 45.2 Å². The lowest BCUT2D eigenvalue weighted by molar-refractivity contribution is -0.117. The average molecular weight is 431 g/mol. The molecule has 0 saturated carbocycles. The Morgan fingerprint density at radius 3 is 2.55 bits per heavy atom. The minimum atomic E-state index is -0.381. The summed E-state index contributed by atoms with van der Waals surface area (Å²) in [5.41, 5.74) is 1.43. The van der Waals surface area contributed by atoms with Gasteiger partial charge in [-0.15, -0.1) is 11.8 Å². The SMILES string of the molecule is CCn1c(=NC(=O)CCSc2ccc(OC)cc2)sc2cc(C(=O)OC)ccc21. The topological polar surface area (TPSA) is 69.9 Å². The van der Waals surface area contributed by atoms with Gasteiger partial charge in [-0.2, -0.15) is 4.99 Å². The highest BCUT2D eigenvalue weighted by Gasteiger charge is 2.11. The van der Waals surface area contributed by atoms with E-state index in [1.54, 1.807) is 31.0 Å². The molecule has 0 atom stereocenters. The van der Waals surface area contributed by atoms with Crippen LogP contribution in [0, 0.1) is 0 Å². The van der Waals surface area contributed by atoms with Crippen LogP contribution in [-0.2, 0) is 16.1 Å². The maximum atomic E-state index is 12.4. The van der Waals surface area contributed by atoms with Crippen molar-refractivity contribution in [1.82, 2.24) is 4.57 Å². The third-order valence-corrected chi connectivity index (χ3v) is 6.34. The first-order chi connectivity index (χ1) is 14.0. The number of nitrogens with zero attached hydrogens (tertiary/aromatic N) is 2. The Bertz CT molecular complexity index is 1080. The van der Waals surface area contributed by atoms with E-state index in [-0.39, 0.29) is 11.9 Å². The number of carbonyl (C=O) groups is 2. The number of carbonyl (C=O) groups excluding carboxylic acids is 2. The lowest BCUT2D eigenvalue weighted by Crippen LogP contribution is -2.16. The maximum Gasteiger partial charge on any atom is 0.337 e. The van der Waals surface area contributed by atoms with Gasteiger partial charge in [0.05, 0.1) is 30.0 Å². The summed E-state index contributed by atoms with van der Waals surface area (Å²) < 4.78 is 12.8. The van der Waals surface area contributed by atoms with Crippen molar-refractivity contribution in [3.05, 3.63) is 52.8 Å². The highest BCUT2D eigenvalue weighted by molar-refractivity contribution is 7.99. The van der Waals surface area contributed by atoms with Crippen LogP contribution in [0.5, 0.6) is 5.75 Å². The summed E-state index contributed by atoms with van der Waals surface area (Å²) in [6.07, 6.45) is 0.349. The van der Waals surface area contributed by atoms with Gasteiger partial charge >= 0.3 is 5.97 Å². The molecule has 3 aromatic rings. The molecule has 0 unspecified atom stereocenters. The number of thioether (sulfide) groups is 1. The van der Waals surface area contributed by atoms with E-state index in [0.29, 0.717) is 29.1 Å². The quantitative estimate of drug-likeness (QED) is 0.416. The van der Waals surface area contributed by atoms with Crippen molar-refractivity contribution in [3.63, 3.8) is 0 Å². The van der Waals surface area contributed by atoms with Gasteiger partial charge in [-0.05, 0) is 49.4 Å². The summed E-state index contributed by atoms with van der Waals surface area (Å²) in [4.78, 5) is 30.2. The number of thiazole rings is 1. The van der Waals surface area contributed by atoms with Gasteiger partial charge in [0.1, 0.15) is 5.75 Å². The molecule has 2 aromatic carbocycles. The van der Waals surface area contributed by atoms with Crippen LogP contribution in [0.3, 0.4) is 0 Å². The second-order valence-corrected chi connectivity index (χ2v) is 8.26. The molecule has 6 nitrogen and oxygen atoms in total. The van der Waals surface area contributed by atoms with Crippen molar-refractivity contribution in [2.24, 2.45) is 4.99 Å². The average Bonchev–Trinajstić information content (AvgIpc) is 3.09. The van der Waals surface area contributed by atoms with Crippen LogP contribution >= 0.6 is 23.1 Å². The smallest absolute Gasteiger partial charge is 0.337 e. The largest absolute Gasteiger partial charge is 0.497 e. The molecule has 152 valence electrons. The molecule has 1 aromatic heterocycles. The molecule has 0 aliphatic heterocycles. The number of hydrogen-bond acceptors (Lipinski definition) is 6. The first-order valence-corrected chi connectivity index (χ1v) is 10.9. The predicted octanol–water partition coefficient (Wildman–Crippen LogP) is 4.13. The molecule has 1 amide bonds. The summed E-state index contributed by atoms with van der Waals surface area (Å²) in [7, 11) is 2.99. The number of amides is 1. The standard InChI is InChI=1S/C21H22N2O4S2/c1-4-23-17-10-5-14(20(25)27-3)13-18(17)29-21(23)22-19(24)11-12-28-16-8-6-15(26-2)7-9-16/h5-10,13H,4,11-12H2,1-3H3. The molecule has 29 heavy (non-hydrogen) atoms. The maximum absolute atomic E-state index is 12.4. The second-order valence-electron chi connectivity index (χ2n) is 6.08. The van der Waals surface area contributed by atoms with Crippen LogP contribution in [0.25, 0.3) is 10.2 Å². The molecular formula is C21H22N2O4S2. The molecule has 0 N–H and O–H groups in total. The van der Waals surface area contributed by atoms with Gasteiger partial charge in [-0.25, -0.2) is 4.79 Å². The molecule has 1 heterocycles. The number of methoxy groups -OCH3 is 2. The third-order valence-electron chi connectivity index (χ3n) is 4.28. The lowest BCUT2D eigenvalue weighted by atomic mass is 10.2. The number of fused-ring (bicyclic) bond motifs is 1. The lowest BCUT2D eigenvalue weighted by Gasteiger charge is -2.03. The fraction of sp³-hybridized carbons (Fsp3) is 0.286. The zero-order valence-electron chi connectivity index (χ0n) is 16.5. The van der Waals surface area contributed by atoms with E-state index < -0.39 is 0 Å². The fourth-order valence-corrected chi connectivity index (χ4v) is 4.79. The minimum absolute atomic E-state index is 0.159. The Balaban J connectivity index is 1.73. The van der Waals surface area contributed by atoms with Crippen molar-refractivity contribution in [2.75, 3.05) is 20.0 Å². The van der Waals surface area contributed by atoms with Crippen molar-refractivity contribution in [1.29, 1.82) is 0 Å². The Kier molecular flexibility index (Phi) is 7.11. The second kappa shape index (κ2) is 9.76. The van der Waals surface area contributed by atoms with Gasteiger partial charge in [-0.1, -0.05) is 11.3 Å². The van der Waals surface area contributed by atoms with E-state index in [0.717, 1.165) is 20.9 Å². The fourth-order valence-electron chi connectivity index (χ4n) is 2.80. The van der Waals surface area contributed by atoms with E-state index in [2.05, 4.69) is 4.99 Å². The normalized spacial score (nSPS) is 11.6. The zero-order valence-corrected chi connectivity index (χ0v) is 18.1. The van der Waals surface area contributed by atoms with E-state index >= 15 is 0 Å². The summed E-state index contributed by atoms with van der Waals surface area (Å²) in [5.74, 6) is 0.920. The molecule has 0 bridgehead atoms. The molecule has 0 spiro atoms. The van der Waals surface area contributed by atoms with E-state index in [1.165, 1.54) is 18.4 Å². The van der Waals surface area contributed by atoms with Crippen molar-refractivity contribution in [3.8, 4) is 5.75 Å². The van der Waals surface area contributed by atoms with E-state index in [1.807, 2.05) is 41.8 Å². The van der Waals surface area contributed by atoms with Crippen LogP contribution < -0.4 is 9.54 Å². The third kappa shape index (κ3) is 5.07. The van der Waals surface area contributed by atoms with Crippen LogP contribution in [0.4, 0.5) is 0 Å². The molecule has 3 rings (SSSR count). The number of aromatic nitrogens is 1. The molecule has 0 saturated heterocycles. The molecular weight excluding hydrogens is 408 g/mol. The van der Waals surface area contributed by atoms with Gasteiger partial charge in [0.25, 0.3) is 0 Å². The Morgan fingerprint density at radius 2 is 1.90 bits per heavy atom. The number of aryl methyl sites for hydroxylation is 1. The van der Waals surface area contributed by atoms with Crippen LogP contribution in [0.1, 0.15) is 23.7 Å². The summed E-state index contributed by atoms with van der Waals surface area (Å²) in [5, 5.41) is 0. The van der Waals surface area contributed by atoms with Gasteiger partial charge in [0.15, 0.2) is 4.80 Å². The predicted molar refractivity (Wildman–Crippen MR) is 116 cm³/mol. The highest BCUT2D eigenvalue weighted by Crippen LogP contribution is 2.22. The Labute approximate surface area is 177 Å². The molecule has 0 radical (unpaired) electrons. The Hall–Kier alpha value is -2.58. The van der Waals surface area contributed by atoms with Crippen LogP contribution in [0.2, 0.25) is 0 Å². The van der Waals surface area contributed by atoms with Gasteiger partial charge < -0.3 is 14.0 Å². The number of ether oxygens (including phenoxy) is 2. The first-order valence-electron chi connectivity index (χ1n) is 9.11. The summed E-state index contributed by atoms with van der Waals surface area (Å²) in [6.45, 7) is 2.69. The monoisotopic (exact) mass is 430 g/mol. The number of rotatable bonds is 7. The summed E-state index contributed by atoms with van der Waals surface area (Å²) >= 11 is 3.01. The minimum Gasteiger partial charge on any atom is -0.497 e. The summed E-state index contributed by atoms with van der Waals surface area (Å²) in [6, 6.07) is 13.1. The molecule has 0 aliphatic rings. The number of hydrogen-bond donors (Lipinski definition) is 0. The molecule has 8 heteroatoms. The zero-order chi connectivity index (χ0) is 20.8. The number of esters is 1. The van der Waals surface area contributed by atoms with Crippen molar-refractivity contribution in [2.45, 2.75) is 24.8 Å². The van der Waals surface area contributed by atoms with E-state index in [9.17, 15) is 9.59 Å². The van der Waals surface area contributed by atoms with Crippen LogP contribution in [0.15, 0.2) is 52.4 Å². The molecule has 0 fully saturated rings. The van der Waals surface area contributed by atoms with Gasteiger partial charge in [-0.3, -0.25) is 4.79 Å². The van der Waals surface area contributed by atoms with E-state index in [4.69, 9.17) is 9.47 Å². The van der Waals surface area contributed by atoms with Gasteiger partial charge in [0, 0.05) is 23.6 Å². The number of benzene rings is 2. The Morgan fingerprint density at radius 1 is 1.14 bits per heavy atom.